The Morgan fingerprint density at radius 2 is 1.44 bits per heavy atom. The molecule has 2 heterocycles. The molecule has 0 radical (unpaired) electrons. The Morgan fingerprint density at radius 3 is 2.15 bits per heavy atom. The maximum Gasteiger partial charge on any atom is 0.143 e. The van der Waals surface area contributed by atoms with Crippen LogP contribution in [0, 0.1) is 33.5 Å². The predicted molar refractivity (Wildman–Crippen MR) is 109 cm³/mol. The Kier molecular flexibility index (Phi) is 4.19. The van der Waals surface area contributed by atoms with Gasteiger partial charge in [0.2, 0.25) is 0 Å². The lowest BCUT2D eigenvalue weighted by atomic mass is 10.0. The third kappa shape index (κ3) is 2.87. The van der Waals surface area contributed by atoms with Crippen LogP contribution in [0.2, 0.25) is 0 Å². The van der Waals surface area contributed by atoms with E-state index in [1.165, 1.54) is 6.07 Å². The first-order valence-corrected chi connectivity index (χ1v) is 9.04. The standard InChI is InChI=1S/C23H22FN3/c1-14-8-6-12-18(24)20(14)22-23(26-21-15(2)9-5-10-16(21)3)27-17(4)11-7-13-19(27)25-22/h5-13,26H,1-4H3. The van der Waals surface area contributed by atoms with Crippen LogP contribution in [0.5, 0.6) is 0 Å². The number of nitrogens with zero attached hydrogens (tertiary/aromatic N) is 2. The first-order valence-electron chi connectivity index (χ1n) is 9.04. The molecule has 136 valence electrons. The number of rotatable bonds is 3. The summed E-state index contributed by atoms with van der Waals surface area (Å²) >= 11 is 0. The van der Waals surface area contributed by atoms with Crippen molar-refractivity contribution in [2.45, 2.75) is 27.7 Å². The normalized spacial score (nSPS) is 11.1. The summed E-state index contributed by atoms with van der Waals surface area (Å²) < 4.78 is 16.8. The number of benzene rings is 2. The number of fused-ring (bicyclic) bond motifs is 1. The minimum Gasteiger partial charge on any atom is -0.339 e. The van der Waals surface area contributed by atoms with Crippen LogP contribution >= 0.6 is 0 Å². The SMILES string of the molecule is Cc1cccc(C)c1Nc1c(-c2c(C)cccc2F)nc2cccc(C)n12. The molecule has 4 rings (SSSR count). The van der Waals surface area contributed by atoms with E-state index in [1.54, 1.807) is 6.07 Å². The number of nitrogens with one attached hydrogen (secondary N) is 1. The fourth-order valence-corrected chi connectivity index (χ4v) is 3.61. The second kappa shape index (κ2) is 6.54. The lowest BCUT2D eigenvalue weighted by Crippen LogP contribution is -2.03. The van der Waals surface area contributed by atoms with Crippen LogP contribution in [0.15, 0.2) is 54.6 Å². The topological polar surface area (TPSA) is 29.3 Å². The van der Waals surface area contributed by atoms with E-state index in [9.17, 15) is 4.39 Å². The lowest BCUT2D eigenvalue weighted by molar-refractivity contribution is 0.630. The molecule has 2 aromatic carbocycles. The van der Waals surface area contributed by atoms with Gasteiger partial charge in [-0.05, 0) is 62.6 Å². The molecule has 4 heteroatoms. The zero-order valence-electron chi connectivity index (χ0n) is 16.0. The molecular formula is C23H22FN3. The molecule has 27 heavy (non-hydrogen) atoms. The Balaban J connectivity index is 2.03. The molecule has 0 aliphatic heterocycles. The molecule has 0 spiro atoms. The van der Waals surface area contributed by atoms with Crippen molar-refractivity contribution in [3.63, 3.8) is 0 Å². The number of aromatic nitrogens is 2. The van der Waals surface area contributed by atoms with Crippen molar-refractivity contribution in [3.8, 4) is 11.3 Å². The van der Waals surface area contributed by atoms with Gasteiger partial charge in [0.25, 0.3) is 0 Å². The fraction of sp³-hybridized carbons (Fsp3) is 0.174. The third-order valence-electron chi connectivity index (χ3n) is 5.02. The monoisotopic (exact) mass is 359 g/mol. The smallest absolute Gasteiger partial charge is 0.143 e. The number of aryl methyl sites for hydroxylation is 4. The van der Waals surface area contributed by atoms with E-state index in [4.69, 9.17) is 4.98 Å². The lowest BCUT2D eigenvalue weighted by Gasteiger charge is -2.15. The van der Waals surface area contributed by atoms with Gasteiger partial charge in [-0.2, -0.15) is 0 Å². The van der Waals surface area contributed by atoms with Gasteiger partial charge in [-0.15, -0.1) is 0 Å². The van der Waals surface area contributed by atoms with E-state index < -0.39 is 0 Å². The Morgan fingerprint density at radius 1 is 0.815 bits per heavy atom. The molecule has 0 fully saturated rings. The van der Waals surface area contributed by atoms with Gasteiger partial charge in [0.05, 0.1) is 0 Å². The van der Waals surface area contributed by atoms with Crippen molar-refractivity contribution < 1.29 is 4.39 Å². The quantitative estimate of drug-likeness (QED) is 0.478. The van der Waals surface area contributed by atoms with Crippen molar-refractivity contribution in [1.29, 1.82) is 0 Å². The second-order valence-corrected chi connectivity index (χ2v) is 6.99. The third-order valence-corrected chi connectivity index (χ3v) is 5.02. The first kappa shape index (κ1) is 17.3. The van der Waals surface area contributed by atoms with E-state index >= 15 is 0 Å². The van der Waals surface area contributed by atoms with Gasteiger partial charge in [0.15, 0.2) is 0 Å². The van der Waals surface area contributed by atoms with Crippen molar-refractivity contribution in [2.24, 2.45) is 0 Å². The molecule has 2 aromatic heterocycles. The summed E-state index contributed by atoms with van der Waals surface area (Å²) in [5, 5.41) is 3.56. The first-order chi connectivity index (χ1) is 13.0. The number of para-hydroxylation sites is 1. The molecule has 0 amide bonds. The van der Waals surface area contributed by atoms with Crippen LogP contribution in [0.1, 0.15) is 22.4 Å². The summed E-state index contributed by atoms with van der Waals surface area (Å²) in [7, 11) is 0. The molecule has 1 N–H and O–H groups in total. The summed E-state index contributed by atoms with van der Waals surface area (Å²) in [5.41, 5.74) is 7.15. The number of hydrogen-bond acceptors (Lipinski definition) is 2. The van der Waals surface area contributed by atoms with Crippen LogP contribution in [-0.4, -0.2) is 9.38 Å². The number of imidazole rings is 1. The second-order valence-electron chi connectivity index (χ2n) is 6.99. The molecule has 4 aromatic rings. The largest absolute Gasteiger partial charge is 0.339 e. The fourth-order valence-electron chi connectivity index (χ4n) is 3.61. The molecule has 0 atom stereocenters. The van der Waals surface area contributed by atoms with E-state index in [0.717, 1.165) is 39.5 Å². The summed E-state index contributed by atoms with van der Waals surface area (Å²) in [6.45, 7) is 8.08. The number of halogens is 1. The summed E-state index contributed by atoms with van der Waals surface area (Å²) in [4.78, 5) is 4.78. The number of pyridine rings is 1. The number of anilines is 2. The number of hydrogen-bond donors (Lipinski definition) is 1. The molecular weight excluding hydrogens is 337 g/mol. The van der Waals surface area contributed by atoms with Gasteiger partial charge in [-0.25, -0.2) is 9.37 Å². The maximum atomic E-state index is 14.8. The summed E-state index contributed by atoms with van der Waals surface area (Å²) in [5.74, 6) is 0.523. The summed E-state index contributed by atoms with van der Waals surface area (Å²) in [6, 6.07) is 17.3. The Hall–Kier alpha value is -3.14. The highest BCUT2D eigenvalue weighted by atomic mass is 19.1. The highest BCUT2D eigenvalue weighted by Gasteiger charge is 2.20. The van der Waals surface area contributed by atoms with Gasteiger partial charge in [-0.1, -0.05) is 36.4 Å². The molecule has 0 saturated heterocycles. The van der Waals surface area contributed by atoms with E-state index in [-0.39, 0.29) is 5.82 Å². The maximum absolute atomic E-state index is 14.8. The highest BCUT2D eigenvalue weighted by Crippen LogP contribution is 2.36. The average Bonchev–Trinajstić information content (AvgIpc) is 2.97. The van der Waals surface area contributed by atoms with Crippen molar-refractivity contribution in [1.82, 2.24) is 9.38 Å². The molecule has 3 nitrogen and oxygen atoms in total. The van der Waals surface area contributed by atoms with Gasteiger partial charge >= 0.3 is 0 Å². The highest BCUT2D eigenvalue weighted by molar-refractivity contribution is 5.83. The van der Waals surface area contributed by atoms with Gasteiger partial charge in [0.1, 0.15) is 23.0 Å². The van der Waals surface area contributed by atoms with Crippen molar-refractivity contribution >= 4 is 17.2 Å². The van der Waals surface area contributed by atoms with Crippen molar-refractivity contribution in [3.05, 3.63) is 82.8 Å². The van der Waals surface area contributed by atoms with Gasteiger partial charge in [0, 0.05) is 16.9 Å². The van der Waals surface area contributed by atoms with Crippen LogP contribution in [0.3, 0.4) is 0 Å². The molecule has 0 saturated carbocycles. The van der Waals surface area contributed by atoms with Gasteiger partial charge in [-0.3, -0.25) is 4.40 Å². The van der Waals surface area contributed by atoms with Crippen LogP contribution in [0.25, 0.3) is 16.9 Å². The van der Waals surface area contributed by atoms with Crippen LogP contribution in [-0.2, 0) is 0 Å². The molecule has 0 aliphatic rings. The van der Waals surface area contributed by atoms with E-state index in [2.05, 4.69) is 31.3 Å². The van der Waals surface area contributed by atoms with Crippen molar-refractivity contribution in [2.75, 3.05) is 5.32 Å². The Bertz CT molecular complexity index is 1120. The van der Waals surface area contributed by atoms with Crippen LogP contribution < -0.4 is 5.32 Å². The average molecular weight is 359 g/mol. The van der Waals surface area contributed by atoms with Gasteiger partial charge < -0.3 is 5.32 Å². The summed E-state index contributed by atoms with van der Waals surface area (Å²) in [6.07, 6.45) is 0. The van der Waals surface area contributed by atoms with E-state index in [1.807, 2.05) is 48.6 Å². The van der Waals surface area contributed by atoms with E-state index in [0.29, 0.717) is 11.3 Å². The minimum atomic E-state index is -0.263. The minimum absolute atomic E-state index is 0.263. The Labute approximate surface area is 158 Å². The molecule has 0 unspecified atom stereocenters. The van der Waals surface area contributed by atoms with Crippen LogP contribution in [0.4, 0.5) is 15.9 Å². The molecule has 0 aliphatic carbocycles. The predicted octanol–water partition coefficient (Wildman–Crippen LogP) is 6.12. The zero-order valence-corrected chi connectivity index (χ0v) is 16.0. The molecule has 0 bridgehead atoms. The zero-order chi connectivity index (χ0) is 19.1.